The predicted molar refractivity (Wildman–Crippen MR) is 272 cm³/mol. The summed E-state index contributed by atoms with van der Waals surface area (Å²) < 4.78 is 13.8. The fraction of sp³-hybridized carbons (Fsp3) is 0. The van der Waals surface area contributed by atoms with Crippen LogP contribution in [0.25, 0.3) is 127 Å². The van der Waals surface area contributed by atoms with Crippen molar-refractivity contribution in [2.75, 3.05) is 0 Å². The molecule has 306 valence electrons. The standard InChI is InChI=1S/C61H36N4O/c62-37-40-14-4-5-17-45(40)39-28-26-38(27-29-39)41-32-43(34-44(33-41)64-53-22-10-7-19-47(53)51-35-52-48-20-9-13-25-58(48)66-59(52)36-57(51)64)63-55-24-12-8-21-50(55)60-56(63)31-30-49-46-18-6-11-23-54(46)65(61(49)60)42-15-2-1-3-16-42/h1-36H. The summed E-state index contributed by atoms with van der Waals surface area (Å²) in [6.07, 6.45) is 0. The zero-order valence-corrected chi connectivity index (χ0v) is 35.5. The Labute approximate surface area is 378 Å². The van der Waals surface area contributed by atoms with Crippen molar-refractivity contribution in [3.05, 3.63) is 224 Å². The second kappa shape index (κ2) is 13.9. The lowest BCUT2D eigenvalue weighted by Crippen LogP contribution is -2.00. The first-order valence-electron chi connectivity index (χ1n) is 22.3. The number of benzene rings is 10. The van der Waals surface area contributed by atoms with Crippen molar-refractivity contribution in [1.82, 2.24) is 13.7 Å². The van der Waals surface area contributed by atoms with Crippen LogP contribution in [0.15, 0.2) is 223 Å². The van der Waals surface area contributed by atoms with E-state index in [2.05, 4.69) is 202 Å². The number of aromatic nitrogens is 3. The van der Waals surface area contributed by atoms with Crippen molar-refractivity contribution in [3.8, 4) is 45.4 Å². The number of hydrogen-bond donors (Lipinski definition) is 0. The van der Waals surface area contributed by atoms with Gasteiger partial charge in [0, 0.05) is 66.2 Å². The summed E-state index contributed by atoms with van der Waals surface area (Å²) in [6.45, 7) is 0. The van der Waals surface area contributed by atoms with Crippen LogP contribution < -0.4 is 0 Å². The maximum absolute atomic E-state index is 9.96. The number of para-hydroxylation sites is 5. The maximum atomic E-state index is 9.96. The van der Waals surface area contributed by atoms with Crippen LogP contribution in [0.1, 0.15) is 5.56 Å². The molecule has 0 amide bonds. The quantitative estimate of drug-likeness (QED) is 0.173. The molecule has 0 N–H and O–H groups in total. The molecule has 4 aromatic heterocycles. The van der Waals surface area contributed by atoms with Crippen molar-refractivity contribution < 1.29 is 4.42 Å². The molecule has 0 saturated heterocycles. The summed E-state index contributed by atoms with van der Waals surface area (Å²) in [5, 5.41) is 19.4. The molecule has 0 aliphatic rings. The lowest BCUT2D eigenvalue weighted by Gasteiger charge is -2.16. The van der Waals surface area contributed by atoms with E-state index in [-0.39, 0.29) is 0 Å². The SMILES string of the molecule is N#Cc1ccccc1-c1ccc(-c2cc(-n3c4ccccc4c4cc5c(cc43)oc3ccccc35)cc(-n3c4ccccc4c4c3ccc3c5ccccc5n(-c5ccccc5)c34)c2)cc1. The second-order valence-electron chi connectivity index (χ2n) is 17.2. The van der Waals surface area contributed by atoms with E-state index in [4.69, 9.17) is 4.42 Å². The number of fused-ring (bicyclic) bond motifs is 13. The summed E-state index contributed by atoms with van der Waals surface area (Å²) in [5.74, 6) is 0. The minimum atomic E-state index is 0.659. The molecular formula is C61H36N4O. The van der Waals surface area contributed by atoms with Gasteiger partial charge in [-0.25, -0.2) is 0 Å². The van der Waals surface area contributed by atoms with Gasteiger partial charge >= 0.3 is 0 Å². The molecule has 0 atom stereocenters. The molecule has 5 nitrogen and oxygen atoms in total. The van der Waals surface area contributed by atoms with Gasteiger partial charge < -0.3 is 18.1 Å². The molecule has 0 radical (unpaired) electrons. The van der Waals surface area contributed by atoms with Gasteiger partial charge in [-0.2, -0.15) is 5.26 Å². The van der Waals surface area contributed by atoms with Crippen LogP contribution in [-0.4, -0.2) is 13.7 Å². The summed E-state index contributed by atoms with van der Waals surface area (Å²) in [4.78, 5) is 0. The fourth-order valence-corrected chi connectivity index (χ4v) is 10.8. The first kappa shape index (κ1) is 36.4. The minimum Gasteiger partial charge on any atom is -0.456 e. The Morgan fingerprint density at radius 1 is 0.333 bits per heavy atom. The predicted octanol–water partition coefficient (Wildman–Crippen LogP) is 16.1. The number of furan rings is 1. The van der Waals surface area contributed by atoms with Gasteiger partial charge in [0.05, 0.1) is 44.7 Å². The molecule has 4 heterocycles. The van der Waals surface area contributed by atoms with Crippen molar-refractivity contribution in [3.63, 3.8) is 0 Å². The second-order valence-corrected chi connectivity index (χ2v) is 17.2. The summed E-state index contributed by atoms with van der Waals surface area (Å²) >= 11 is 0. The molecule has 0 aliphatic carbocycles. The van der Waals surface area contributed by atoms with E-state index in [1.807, 2.05) is 36.4 Å². The van der Waals surface area contributed by atoms with Gasteiger partial charge in [0.25, 0.3) is 0 Å². The van der Waals surface area contributed by atoms with Crippen molar-refractivity contribution in [2.24, 2.45) is 0 Å². The smallest absolute Gasteiger partial charge is 0.137 e. The highest BCUT2D eigenvalue weighted by molar-refractivity contribution is 6.26. The number of hydrogen-bond acceptors (Lipinski definition) is 2. The average Bonchev–Trinajstić information content (AvgIpc) is 4.12. The van der Waals surface area contributed by atoms with Crippen molar-refractivity contribution >= 4 is 87.4 Å². The van der Waals surface area contributed by atoms with Crippen LogP contribution >= 0.6 is 0 Å². The van der Waals surface area contributed by atoms with E-state index >= 15 is 0 Å². The number of nitrogens with zero attached hydrogens (tertiary/aromatic N) is 4. The van der Waals surface area contributed by atoms with E-state index in [9.17, 15) is 5.26 Å². The topological polar surface area (TPSA) is 51.7 Å². The molecule has 0 saturated carbocycles. The van der Waals surface area contributed by atoms with E-state index < -0.39 is 0 Å². The Kier molecular flexibility index (Phi) is 7.69. The summed E-state index contributed by atoms with van der Waals surface area (Å²) in [5.41, 5.74) is 16.5. The van der Waals surface area contributed by atoms with Gasteiger partial charge in [-0.15, -0.1) is 0 Å². The highest BCUT2D eigenvalue weighted by Gasteiger charge is 2.23. The Morgan fingerprint density at radius 3 is 1.68 bits per heavy atom. The van der Waals surface area contributed by atoms with E-state index in [1.54, 1.807) is 0 Å². The first-order valence-corrected chi connectivity index (χ1v) is 22.3. The van der Waals surface area contributed by atoms with Crippen LogP contribution in [0.4, 0.5) is 0 Å². The van der Waals surface area contributed by atoms with Crippen LogP contribution in [0.5, 0.6) is 0 Å². The van der Waals surface area contributed by atoms with Gasteiger partial charge in [-0.05, 0) is 95.1 Å². The highest BCUT2D eigenvalue weighted by atomic mass is 16.3. The van der Waals surface area contributed by atoms with E-state index in [1.165, 1.54) is 43.4 Å². The molecular weight excluding hydrogens is 805 g/mol. The third-order valence-corrected chi connectivity index (χ3v) is 13.7. The molecule has 5 heteroatoms. The average molecular weight is 841 g/mol. The molecule has 14 rings (SSSR count). The molecule has 0 aliphatic heterocycles. The number of nitriles is 1. The third-order valence-electron chi connectivity index (χ3n) is 13.7. The summed E-state index contributed by atoms with van der Waals surface area (Å²) in [7, 11) is 0. The third kappa shape index (κ3) is 5.21. The molecule has 0 fully saturated rings. The first-order chi connectivity index (χ1) is 32.7. The fourth-order valence-electron chi connectivity index (χ4n) is 10.8. The number of rotatable bonds is 5. The lowest BCUT2D eigenvalue weighted by atomic mass is 9.97. The lowest BCUT2D eigenvalue weighted by molar-refractivity contribution is 0.669. The van der Waals surface area contributed by atoms with Crippen LogP contribution in [0.3, 0.4) is 0 Å². The van der Waals surface area contributed by atoms with Crippen LogP contribution in [-0.2, 0) is 0 Å². The molecule has 10 aromatic carbocycles. The molecule has 0 bridgehead atoms. The van der Waals surface area contributed by atoms with Gasteiger partial charge in [0.1, 0.15) is 11.2 Å². The Bertz CT molecular complexity index is 4350. The molecule has 66 heavy (non-hydrogen) atoms. The van der Waals surface area contributed by atoms with Crippen LogP contribution in [0, 0.1) is 11.3 Å². The maximum Gasteiger partial charge on any atom is 0.137 e. The van der Waals surface area contributed by atoms with Gasteiger partial charge in [-0.1, -0.05) is 140 Å². The minimum absolute atomic E-state index is 0.659. The zero-order chi connectivity index (χ0) is 43.5. The van der Waals surface area contributed by atoms with Crippen LogP contribution in [0.2, 0.25) is 0 Å². The largest absolute Gasteiger partial charge is 0.456 e. The van der Waals surface area contributed by atoms with Crippen molar-refractivity contribution in [1.29, 1.82) is 5.26 Å². The molecule has 0 spiro atoms. The van der Waals surface area contributed by atoms with E-state index in [0.717, 1.165) is 83.3 Å². The Morgan fingerprint density at radius 2 is 0.924 bits per heavy atom. The zero-order valence-electron chi connectivity index (χ0n) is 35.5. The van der Waals surface area contributed by atoms with Crippen molar-refractivity contribution in [2.45, 2.75) is 0 Å². The highest BCUT2D eigenvalue weighted by Crippen LogP contribution is 2.44. The monoisotopic (exact) mass is 840 g/mol. The normalized spacial score (nSPS) is 11.9. The molecule has 0 unspecified atom stereocenters. The Balaban J connectivity index is 1.08. The van der Waals surface area contributed by atoms with Gasteiger partial charge in [0.15, 0.2) is 0 Å². The van der Waals surface area contributed by atoms with Gasteiger partial charge in [-0.3, -0.25) is 0 Å². The summed E-state index contributed by atoms with van der Waals surface area (Å²) in [6, 6.07) is 80.3. The Hall–Kier alpha value is -9.11. The molecule has 14 aromatic rings. The van der Waals surface area contributed by atoms with E-state index in [0.29, 0.717) is 5.56 Å². The van der Waals surface area contributed by atoms with Gasteiger partial charge in [0.2, 0.25) is 0 Å².